The van der Waals surface area contributed by atoms with Crippen molar-refractivity contribution in [2.75, 3.05) is 13.2 Å². The van der Waals surface area contributed by atoms with Gasteiger partial charge in [-0.2, -0.15) is 0 Å². The Morgan fingerprint density at radius 2 is 1.67 bits per heavy atom. The third kappa shape index (κ3) is 7.34. The first-order valence-corrected chi connectivity index (χ1v) is 11.3. The molecular weight excluding hydrogens is 422 g/mol. The van der Waals surface area contributed by atoms with E-state index in [0.717, 1.165) is 17.5 Å². The minimum absolute atomic E-state index is 0.00879. The molecule has 33 heavy (non-hydrogen) atoms. The number of ether oxygens (including phenoxy) is 3. The molecule has 0 saturated carbocycles. The van der Waals surface area contributed by atoms with Crippen molar-refractivity contribution in [3.63, 3.8) is 0 Å². The molecule has 7 heteroatoms. The zero-order chi connectivity index (χ0) is 23.8. The lowest BCUT2D eigenvalue weighted by atomic mass is 10.0. The van der Waals surface area contributed by atoms with Crippen molar-refractivity contribution in [3.05, 3.63) is 59.2 Å². The predicted molar refractivity (Wildman–Crippen MR) is 124 cm³/mol. The summed E-state index contributed by atoms with van der Waals surface area (Å²) in [6, 6.07) is 12.2. The lowest BCUT2D eigenvalue weighted by Crippen LogP contribution is -2.31. The van der Waals surface area contributed by atoms with Gasteiger partial charge in [-0.05, 0) is 44.5 Å². The first-order valence-electron chi connectivity index (χ1n) is 11.3. The number of amides is 1. The fraction of sp³-hybridized carbons (Fsp3) is 0.423. The Kier molecular flexibility index (Phi) is 8.46. The van der Waals surface area contributed by atoms with Crippen LogP contribution in [-0.2, 0) is 14.3 Å². The van der Waals surface area contributed by atoms with Crippen molar-refractivity contribution in [2.24, 2.45) is 0 Å². The number of aryl methyl sites for hydroxylation is 1. The number of nitrogens with one attached hydrogen (secondary N) is 1. The lowest BCUT2D eigenvalue weighted by molar-refractivity contribution is -0.148. The molecule has 2 aromatic rings. The highest BCUT2D eigenvalue weighted by Crippen LogP contribution is 2.31. The Morgan fingerprint density at radius 3 is 2.36 bits per heavy atom. The van der Waals surface area contributed by atoms with Crippen LogP contribution in [0.3, 0.4) is 0 Å². The van der Waals surface area contributed by atoms with Gasteiger partial charge in [-0.15, -0.1) is 0 Å². The molecule has 0 spiro atoms. The van der Waals surface area contributed by atoms with Gasteiger partial charge >= 0.3 is 5.97 Å². The average Bonchev–Trinajstić information content (AvgIpc) is 3.02. The second-order valence-corrected chi connectivity index (χ2v) is 8.41. The summed E-state index contributed by atoms with van der Waals surface area (Å²) in [5, 5.41) is 2.89. The maximum atomic E-state index is 12.7. The van der Waals surface area contributed by atoms with E-state index in [1.165, 1.54) is 0 Å². The Labute approximate surface area is 194 Å². The molecule has 1 amide bonds. The van der Waals surface area contributed by atoms with Crippen molar-refractivity contribution in [3.8, 4) is 11.5 Å². The Morgan fingerprint density at radius 1 is 0.970 bits per heavy atom. The van der Waals surface area contributed by atoms with Gasteiger partial charge in [0.05, 0.1) is 31.8 Å². The van der Waals surface area contributed by atoms with Gasteiger partial charge in [0, 0.05) is 24.8 Å². The van der Waals surface area contributed by atoms with E-state index in [1.807, 2.05) is 31.2 Å². The average molecular weight is 454 g/mol. The molecule has 0 radical (unpaired) electrons. The number of ketones is 1. The molecule has 0 aliphatic carbocycles. The van der Waals surface area contributed by atoms with E-state index in [0.29, 0.717) is 30.3 Å². The van der Waals surface area contributed by atoms with E-state index in [1.54, 1.807) is 32.0 Å². The van der Waals surface area contributed by atoms with Gasteiger partial charge in [0.15, 0.2) is 17.3 Å². The van der Waals surface area contributed by atoms with Gasteiger partial charge < -0.3 is 19.5 Å². The maximum Gasteiger partial charge on any atom is 0.308 e. The van der Waals surface area contributed by atoms with Crippen molar-refractivity contribution < 1.29 is 28.6 Å². The van der Waals surface area contributed by atoms with Crippen molar-refractivity contribution in [1.82, 2.24) is 5.32 Å². The number of esters is 1. The van der Waals surface area contributed by atoms with Crippen LogP contribution >= 0.6 is 0 Å². The van der Waals surface area contributed by atoms with Crippen molar-refractivity contribution >= 4 is 17.7 Å². The molecule has 1 aliphatic rings. The summed E-state index contributed by atoms with van der Waals surface area (Å²) in [4.78, 5) is 37.5. The molecule has 176 valence electrons. The van der Waals surface area contributed by atoms with E-state index >= 15 is 0 Å². The van der Waals surface area contributed by atoms with Gasteiger partial charge in [-0.25, -0.2) is 0 Å². The number of rotatable bonds is 9. The van der Waals surface area contributed by atoms with Crippen LogP contribution in [0.2, 0.25) is 0 Å². The second-order valence-electron chi connectivity index (χ2n) is 8.41. The molecule has 1 aliphatic heterocycles. The Hall–Kier alpha value is -3.35. The molecule has 1 heterocycles. The molecule has 0 saturated heterocycles. The molecule has 0 unspecified atom stereocenters. The monoisotopic (exact) mass is 453 g/mol. The van der Waals surface area contributed by atoms with Crippen LogP contribution in [-0.4, -0.2) is 37.0 Å². The third-order valence-electron chi connectivity index (χ3n) is 5.20. The van der Waals surface area contributed by atoms with Crippen LogP contribution in [0.15, 0.2) is 42.5 Å². The SMILES string of the molecule is Cc1ccc([C@@H](CC(=O)OC(C)C)NC(=O)CCC(=O)c2ccc3c(c2)OCCCO3)cc1. The van der Waals surface area contributed by atoms with Crippen LogP contribution in [0.1, 0.15) is 67.1 Å². The molecule has 2 aromatic carbocycles. The highest BCUT2D eigenvalue weighted by molar-refractivity contribution is 5.98. The van der Waals surface area contributed by atoms with E-state index in [-0.39, 0.29) is 43.0 Å². The van der Waals surface area contributed by atoms with Gasteiger partial charge in [0.2, 0.25) is 5.91 Å². The number of carbonyl (C=O) groups excluding carboxylic acids is 3. The van der Waals surface area contributed by atoms with Crippen molar-refractivity contribution in [1.29, 1.82) is 0 Å². The molecule has 0 aromatic heterocycles. The molecule has 0 bridgehead atoms. The normalized spacial score (nSPS) is 13.7. The zero-order valence-electron chi connectivity index (χ0n) is 19.4. The minimum Gasteiger partial charge on any atom is -0.490 e. The first kappa shape index (κ1) is 24.3. The standard InChI is InChI=1S/C26H31NO6/c1-17(2)33-26(30)16-21(19-7-5-18(3)6-8-19)27-25(29)12-10-22(28)20-9-11-23-24(15-20)32-14-4-13-31-23/h5-9,11,15,17,21H,4,10,12-14,16H2,1-3H3,(H,27,29)/t21-/m1/s1. The molecule has 3 rings (SSSR count). The quantitative estimate of drug-likeness (QED) is 0.449. The lowest BCUT2D eigenvalue weighted by Gasteiger charge is -2.19. The summed E-state index contributed by atoms with van der Waals surface area (Å²) >= 11 is 0. The van der Waals surface area contributed by atoms with E-state index in [9.17, 15) is 14.4 Å². The molecule has 1 atom stereocenters. The second kappa shape index (κ2) is 11.5. The first-order chi connectivity index (χ1) is 15.8. The number of hydrogen-bond acceptors (Lipinski definition) is 6. The smallest absolute Gasteiger partial charge is 0.308 e. The fourth-order valence-electron chi connectivity index (χ4n) is 3.50. The summed E-state index contributed by atoms with van der Waals surface area (Å²) in [7, 11) is 0. The largest absolute Gasteiger partial charge is 0.490 e. The summed E-state index contributed by atoms with van der Waals surface area (Å²) in [6.07, 6.45) is 0.616. The molecular formula is C26H31NO6. The third-order valence-corrected chi connectivity index (χ3v) is 5.20. The number of fused-ring (bicyclic) bond motifs is 1. The van der Waals surface area contributed by atoms with Crippen LogP contribution in [0.4, 0.5) is 0 Å². The van der Waals surface area contributed by atoms with Crippen LogP contribution in [0.25, 0.3) is 0 Å². The minimum atomic E-state index is -0.530. The molecule has 7 nitrogen and oxygen atoms in total. The Balaban J connectivity index is 1.61. The Bertz CT molecular complexity index is 983. The molecule has 1 N–H and O–H groups in total. The number of carbonyl (C=O) groups is 3. The highest BCUT2D eigenvalue weighted by Gasteiger charge is 2.21. The van der Waals surface area contributed by atoms with E-state index < -0.39 is 6.04 Å². The van der Waals surface area contributed by atoms with Gasteiger partial charge in [-0.3, -0.25) is 14.4 Å². The van der Waals surface area contributed by atoms with Crippen molar-refractivity contribution in [2.45, 2.75) is 58.6 Å². The van der Waals surface area contributed by atoms with E-state index in [4.69, 9.17) is 14.2 Å². The van der Waals surface area contributed by atoms with Crippen LogP contribution in [0, 0.1) is 6.92 Å². The molecule has 0 fully saturated rings. The highest BCUT2D eigenvalue weighted by atomic mass is 16.5. The van der Waals surface area contributed by atoms with E-state index in [2.05, 4.69) is 5.32 Å². The topological polar surface area (TPSA) is 90.9 Å². The summed E-state index contributed by atoms with van der Waals surface area (Å²) in [5.41, 5.74) is 2.36. The zero-order valence-corrected chi connectivity index (χ0v) is 19.4. The fourth-order valence-corrected chi connectivity index (χ4v) is 3.50. The number of benzene rings is 2. The summed E-state index contributed by atoms with van der Waals surface area (Å²) in [5.74, 6) is 0.314. The number of Topliss-reactive ketones (excluding diaryl/α,β-unsaturated/α-hetero) is 1. The van der Waals surface area contributed by atoms with Gasteiger partial charge in [0.25, 0.3) is 0 Å². The van der Waals surface area contributed by atoms with Crippen LogP contribution < -0.4 is 14.8 Å². The summed E-state index contributed by atoms with van der Waals surface area (Å²) < 4.78 is 16.5. The summed E-state index contributed by atoms with van der Waals surface area (Å²) in [6.45, 7) is 6.64. The van der Waals surface area contributed by atoms with Crippen LogP contribution in [0.5, 0.6) is 11.5 Å². The maximum absolute atomic E-state index is 12.7. The number of hydrogen-bond donors (Lipinski definition) is 1. The van der Waals surface area contributed by atoms with Gasteiger partial charge in [0.1, 0.15) is 0 Å². The predicted octanol–water partition coefficient (Wildman–Crippen LogP) is 4.32. The van der Waals surface area contributed by atoms with Gasteiger partial charge in [-0.1, -0.05) is 29.8 Å².